The molecule has 101 heavy (non-hydrogen) atoms. The molecule has 12 rings (SSSR count). The topological polar surface area (TPSA) is 219 Å². The second kappa shape index (κ2) is 31.2. The molecule has 10 atom stereocenters. The molecule has 1 amide bonds. The number of rotatable bonds is 26. The SMILES string of the molecule is COc1ccc(C(O[C@H]2C[C@@H](n3cnc4c(=O)n(C)cnc43)[C@H](OP(=S)(OP(=S)(OC[C@H]3O[C@@H](n4cnc5c(NC(=O)c6ccccc6)ncnc54)[C@H](F)[C@H]3O)SCc3ccc(Cl)cc3Cl)SCc3ccc(Cl)cc3Cl)[C@@H]2O[Si](C)(C)C(C)(C)C)(c2ccccc2)c2ccc(OC)cc2)cc1. The third-order valence-corrected chi connectivity index (χ3v) is 36.0. The number of methoxy groups -OCH3 is 2. The van der Waals surface area contributed by atoms with Crippen LogP contribution in [0.4, 0.5) is 10.2 Å². The number of nitrogens with zero attached hydrogens (tertiary/aromatic N) is 8. The summed E-state index contributed by atoms with van der Waals surface area (Å²) in [6.45, 7) is 10.1. The minimum atomic E-state index is -4.16. The number of halogens is 5. The second-order valence-corrected chi connectivity index (χ2v) is 44.7. The molecule has 6 aromatic carbocycles. The van der Waals surface area contributed by atoms with Gasteiger partial charge < -0.3 is 52.0 Å². The fourth-order valence-electron chi connectivity index (χ4n) is 11.7. The van der Waals surface area contributed by atoms with Gasteiger partial charge in [-0.15, -0.1) is 0 Å². The first kappa shape index (κ1) is 75.0. The highest BCUT2D eigenvalue weighted by Crippen LogP contribution is 2.78. The highest BCUT2D eigenvalue weighted by molar-refractivity contribution is 8.73. The Morgan fingerprint density at radius 2 is 1.28 bits per heavy atom. The van der Waals surface area contributed by atoms with Gasteiger partial charge in [-0.1, -0.05) is 175 Å². The van der Waals surface area contributed by atoms with Crippen LogP contribution in [-0.2, 0) is 75.0 Å². The Hall–Kier alpha value is -5.68. The van der Waals surface area contributed by atoms with Gasteiger partial charge in [-0.25, -0.2) is 29.3 Å². The Balaban J connectivity index is 0.982. The molecule has 2 unspecified atom stereocenters. The second-order valence-electron chi connectivity index (χ2n) is 25.5. The van der Waals surface area contributed by atoms with Crippen LogP contribution in [0.1, 0.15) is 77.6 Å². The molecule has 1 saturated carbocycles. The van der Waals surface area contributed by atoms with Gasteiger partial charge in [-0.05, 0) is 137 Å². The van der Waals surface area contributed by atoms with Gasteiger partial charge in [0.2, 0.25) is 0 Å². The smallest absolute Gasteiger partial charge is 0.281 e. The molecular weight excluding hydrogens is 1510 g/mol. The van der Waals surface area contributed by atoms with E-state index in [0.717, 1.165) is 39.5 Å². The van der Waals surface area contributed by atoms with Crippen molar-refractivity contribution in [1.29, 1.82) is 0 Å². The molecule has 2 fully saturated rings. The first-order valence-electron chi connectivity index (χ1n) is 31.7. The van der Waals surface area contributed by atoms with Crippen LogP contribution in [0.3, 0.4) is 0 Å². The van der Waals surface area contributed by atoms with Crippen molar-refractivity contribution in [1.82, 2.24) is 38.6 Å². The first-order valence-corrected chi connectivity index (χ1v) is 44.6. The number of carbonyl (C=O) groups is 1. The van der Waals surface area contributed by atoms with E-state index in [1.807, 2.05) is 83.4 Å². The highest BCUT2D eigenvalue weighted by Gasteiger charge is 2.57. The van der Waals surface area contributed by atoms with Gasteiger partial charge in [0.25, 0.3) is 22.9 Å². The maximum atomic E-state index is 17.0. The van der Waals surface area contributed by atoms with E-state index in [9.17, 15) is 14.7 Å². The summed E-state index contributed by atoms with van der Waals surface area (Å²) in [5.74, 6) is 0.997. The number of aromatic nitrogens is 8. The Morgan fingerprint density at radius 3 is 1.86 bits per heavy atom. The van der Waals surface area contributed by atoms with Crippen molar-refractivity contribution >= 4 is 147 Å². The summed E-state index contributed by atoms with van der Waals surface area (Å²) in [6, 6.07) is 43.1. The fourth-order valence-corrected chi connectivity index (χ4v) is 27.8. The summed E-state index contributed by atoms with van der Waals surface area (Å²) >= 11 is 42.8. The summed E-state index contributed by atoms with van der Waals surface area (Å²) in [6.07, 6.45) is -4.30. The molecule has 4 aromatic heterocycles. The van der Waals surface area contributed by atoms with Gasteiger partial charge in [0.15, 0.2) is 48.9 Å². The normalized spacial score (nSPS) is 20.8. The molecule has 10 aromatic rings. The van der Waals surface area contributed by atoms with Crippen LogP contribution in [0.25, 0.3) is 22.3 Å². The summed E-state index contributed by atoms with van der Waals surface area (Å²) in [4.78, 5) is 50.0. The van der Waals surface area contributed by atoms with Gasteiger partial charge in [0, 0.05) is 44.2 Å². The zero-order valence-corrected chi connectivity index (χ0v) is 64.7. The fraction of sp³-hybridized carbons (Fsp3) is 0.319. The van der Waals surface area contributed by atoms with Crippen LogP contribution in [-0.4, -0.2) is 115 Å². The third kappa shape index (κ3) is 16.1. The van der Waals surface area contributed by atoms with E-state index >= 15 is 4.39 Å². The summed E-state index contributed by atoms with van der Waals surface area (Å²) in [5, 5.41) is 15.7. The number of nitrogens with one attached hydrogen (secondary N) is 1. The van der Waals surface area contributed by atoms with Crippen LogP contribution in [0.15, 0.2) is 176 Å². The molecule has 0 spiro atoms. The maximum absolute atomic E-state index is 17.0. The van der Waals surface area contributed by atoms with Crippen molar-refractivity contribution in [2.45, 2.75) is 111 Å². The number of aliphatic hydroxyl groups is 1. The average Bonchev–Trinajstić information content (AvgIpc) is 0.949. The molecule has 530 valence electrons. The number of aliphatic hydroxyl groups excluding tert-OH is 1. The number of carbonyl (C=O) groups excluding carboxylic acids is 1. The highest BCUT2D eigenvalue weighted by atomic mass is 35.5. The molecule has 1 aliphatic heterocycles. The standard InChI is InChI=1S/C69H70Cl4FN9O11P2S4Si/c1-68(2,3)101(7,8)93-61-54(91-69(44-17-13-10-14-18-44,45-21-27-49(87-5)28-22-45)46-23-29-50(88-6)30-24-46)33-53(82-39-78-58-64(82)79-38-81(4)66(58)86)60(61)92-96(98,100-36-43-20-26-48(71)32-52(43)73)94-95(97,99-35-42-19-25-47(70)31-51(42)72)89-34-55-59(84)56(74)67(90-55)83-40-77-57-62(75-37-76-63(57)83)80-65(85)41-15-11-9-12-16-41/h9-32,37-40,53-56,59-61,67,84H,33-36H2,1-8H3,(H,75,76,80,85)/t53-,54+,55-,56-,59+,60+,61-,67-,95?,96?/m1/s1. The number of ether oxygens (including phenoxy) is 4. The minimum absolute atomic E-state index is 0.0642. The van der Waals surface area contributed by atoms with E-state index in [0.29, 0.717) is 48.3 Å². The van der Waals surface area contributed by atoms with Gasteiger partial charge in [0.1, 0.15) is 47.8 Å². The van der Waals surface area contributed by atoms with Crippen molar-refractivity contribution in [3.63, 3.8) is 0 Å². The lowest BCUT2D eigenvalue weighted by Gasteiger charge is -2.44. The van der Waals surface area contributed by atoms with Crippen molar-refractivity contribution in [2.24, 2.45) is 7.05 Å². The van der Waals surface area contributed by atoms with Crippen molar-refractivity contribution in [2.75, 3.05) is 26.1 Å². The maximum Gasteiger partial charge on any atom is 0.281 e. The average molecular weight is 1580 g/mol. The number of fused-ring (bicyclic) bond motifs is 2. The van der Waals surface area contributed by atoms with Crippen molar-refractivity contribution < 1.29 is 51.0 Å². The number of benzene rings is 6. The number of hydrogen-bond acceptors (Lipinski definition) is 20. The molecule has 20 nitrogen and oxygen atoms in total. The number of imidazole rings is 2. The van der Waals surface area contributed by atoms with Gasteiger partial charge in [0.05, 0.1) is 52.0 Å². The molecule has 0 radical (unpaired) electrons. The monoisotopic (exact) mass is 1580 g/mol. The summed E-state index contributed by atoms with van der Waals surface area (Å²) < 4.78 is 77.4. The van der Waals surface area contributed by atoms with E-state index in [1.54, 1.807) is 94.3 Å². The Morgan fingerprint density at radius 1 is 0.723 bits per heavy atom. The molecule has 32 heteroatoms. The molecule has 5 heterocycles. The molecule has 1 aliphatic carbocycles. The number of anilines is 1. The largest absolute Gasteiger partial charge is 0.497 e. The predicted molar refractivity (Wildman–Crippen MR) is 406 cm³/mol. The molecule has 2 aliphatic rings. The minimum Gasteiger partial charge on any atom is -0.497 e. The zero-order chi connectivity index (χ0) is 71.8. The lowest BCUT2D eigenvalue weighted by atomic mass is 9.79. The summed E-state index contributed by atoms with van der Waals surface area (Å²) in [5.41, 5.74) is -5.58. The summed E-state index contributed by atoms with van der Waals surface area (Å²) in [7, 11) is 1.82. The lowest BCUT2D eigenvalue weighted by molar-refractivity contribution is -0.0983. The number of amides is 1. The molecular formula is C69H70Cl4FN9O11P2S4Si. The van der Waals surface area contributed by atoms with Crippen LogP contribution in [0, 0.1) is 0 Å². The van der Waals surface area contributed by atoms with E-state index in [1.165, 1.54) is 28.1 Å². The van der Waals surface area contributed by atoms with E-state index in [4.69, 9.17) is 117 Å². The Kier molecular flexibility index (Phi) is 23.2. The number of aryl methyl sites for hydroxylation is 1. The van der Waals surface area contributed by atoms with Gasteiger partial charge in [-0.3, -0.25) is 18.5 Å². The van der Waals surface area contributed by atoms with Crippen LogP contribution in [0.2, 0.25) is 38.2 Å². The number of hydrogen-bond donors (Lipinski definition) is 2. The van der Waals surface area contributed by atoms with E-state index < -0.39 is 91.8 Å². The van der Waals surface area contributed by atoms with E-state index in [-0.39, 0.29) is 51.6 Å². The Labute approximate surface area is 622 Å². The third-order valence-electron chi connectivity index (χ3n) is 18.1. The van der Waals surface area contributed by atoms with Gasteiger partial charge in [-0.2, -0.15) is 0 Å². The first-order chi connectivity index (χ1) is 48.2. The number of alkyl halides is 1. The van der Waals surface area contributed by atoms with Crippen LogP contribution < -0.4 is 20.3 Å². The molecule has 1 saturated heterocycles. The van der Waals surface area contributed by atoms with Crippen molar-refractivity contribution in [3.05, 3.63) is 235 Å². The van der Waals surface area contributed by atoms with Gasteiger partial charge >= 0.3 is 0 Å². The molecule has 0 bridgehead atoms. The predicted octanol–water partition coefficient (Wildman–Crippen LogP) is 16.9. The zero-order valence-electron chi connectivity index (χ0n) is 55.6. The quantitative estimate of drug-likeness (QED) is 0.0292. The van der Waals surface area contributed by atoms with Crippen LogP contribution >= 0.6 is 80.6 Å². The molecule has 2 N–H and O–H groups in total. The Bertz CT molecular complexity index is 4760. The lowest BCUT2D eigenvalue weighted by Crippen LogP contribution is -2.51. The van der Waals surface area contributed by atoms with E-state index in [2.05, 4.69) is 54.1 Å². The van der Waals surface area contributed by atoms with Crippen LogP contribution in [0.5, 0.6) is 11.5 Å². The van der Waals surface area contributed by atoms with Crippen molar-refractivity contribution in [3.8, 4) is 11.5 Å².